The Morgan fingerprint density at radius 1 is 1.12 bits per heavy atom. The van der Waals surface area contributed by atoms with Crippen LogP contribution in [0.2, 0.25) is 0 Å². The minimum absolute atomic E-state index is 0.0357. The van der Waals surface area contributed by atoms with Gasteiger partial charge in [-0.1, -0.05) is 18.2 Å². The molecule has 0 radical (unpaired) electrons. The largest absolute Gasteiger partial charge is 0.497 e. The van der Waals surface area contributed by atoms with Crippen molar-refractivity contribution in [3.63, 3.8) is 0 Å². The molecule has 2 aromatic heterocycles. The fraction of sp³-hybridized carbons (Fsp3) is 0.393. The summed E-state index contributed by atoms with van der Waals surface area (Å²) in [4.78, 5) is 7.12. The molecule has 2 bridgehead atoms. The molecule has 2 fully saturated rings. The van der Waals surface area contributed by atoms with E-state index in [2.05, 4.69) is 33.4 Å². The second-order valence-corrected chi connectivity index (χ2v) is 9.61. The molecule has 6 heteroatoms. The first kappa shape index (κ1) is 21.6. The number of aliphatic hydroxyl groups excluding tert-OH is 1. The highest BCUT2D eigenvalue weighted by Crippen LogP contribution is 2.43. The lowest BCUT2D eigenvalue weighted by molar-refractivity contribution is 0.0382. The normalized spacial score (nSPS) is 23.5. The Kier molecular flexibility index (Phi) is 5.73. The number of ether oxygens (including phenoxy) is 1. The topological polar surface area (TPSA) is 70.8 Å². The van der Waals surface area contributed by atoms with E-state index in [9.17, 15) is 5.11 Å². The monoisotopic (exact) mass is 457 g/mol. The van der Waals surface area contributed by atoms with Crippen LogP contribution in [-0.4, -0.2) is 46.8 Å². The van der Waals surface area contributed by atoms with Crippen molar-refractivity contribution in [2.45, 2.75) is 56.4 Å². The van der Waals surface area contributed by atoms with E-state index in [-0.39, 0.29) is 12.6 Å². The number of piperidine rings is 1. The molecule has 3 unspecified atom stereocenters. The number of para-hydroxylation sites is 1. The Bertz CT molecular complexity index is 1260. The van der Waals surface area contributed by atoms with Crippen LogP contribution in [0.15, 0.2) is 65.2 Å². The van der Waals surface area contributed by atoms with E-state index in [4.69, 9.17) is 9.15 Å². The second-order valence-electron chi connectivity index (χ2n) is 9.61. The van der Waals surface area contributed by atoms with Crippen molar-refractivity contribution in [2.24, 2.45) is 0 Å². The van der Waals surface area contributed by atoms with Gasteiger partial charge in [0.1, 0.15) is 17.1 Å². The number of fused-ring (bicyclic) bond motifs is 4. The fourth-order valence-electron chi connectivity index (χ4n) is 6.18. The predicted molar refractivity (Wildman–Crippen MR) is 133 cm³/mol. The van der Waals surface area contributed by atoms with Gasteiger partial charge >= 0.3 is 0 Å². The Labute approximate surface area is 199 Å². The van der Waals surface area contributed by atoms with E-state index in [1.54, 1.807) is 7.11 Å². The molecule has 2 aromatic carbocycles. The molecule has 4 heterocycles. The van der Waals surface area contributed by atoms with Gasteiger partial charge in [0.05, 0.1) is 31.8 Å². The maximum absolute atomic E-state index is 10.5. The minimum atomic E-state index is -0.0357. The number of aliphatic hydroxyl groups is 1. The summed E-state index contributed by atoms with van der Waals surface area (Å²) in [6, 6.07) is 19.7. The quantitative estimate of drug-likeness (QED) is 0.415. The summed E-state index contributed by atoms with van der Waals surface area (Å²) in [5, 5.41) is 16.5. The van der Waals surface area contributed by atoms with Crippen molar-refractivity contribution < 1.29 is 14.3 Å². The first-order valence-electron chi connectivity index (χ1n) is 12.3. The summed E-state index contributed by atoms with van der Waals surface area (Å²) in [6.45, 7) is 0.845. The number of nitrogens with one attached hydrogen (secondary N) is 1. The maximum atomic E-state index is 10.5. The third-order valence-electron chi connectivity index (χ3n) is 7.71. The molecule has 2 aliphatic heterocycles. The van der Waals surface area contributed by atoms with Gasteiger partial charge in [-0.15, -0.1) is 0 Å². The van der Waals surface area contributed by atoms with E-state index >= 15 is 0 Å². The highest BCUT2D eigenvalue weighted by molar-refractivity contribution is 5.84. The Balaban J connectivity index is 1.20. The van der Waals surface area contributed by atoms with Crippen molar-refractivity contribution >= 4 is 21.9 Å². The minimum Gasteiger partial charge on any atom is -0.497 e. The van der Waals surface area contributed by atoms with Crippen LogP contribution in [0.1, 0.15) is 43.0 Å². The average Bonchev–Trinajstić information content (AvgIpc) is 3.40. The van der Waals surface area contributed by atoms with Crippen LogP contribution in [0.3, 0.4) is 0 Å². The van der Waals surface area contributed by atoms with E-state index in [1.165, 1.54) is 12.8 Å². The summed E-state index contributed by atoms with van der Waals surface area (Å²) >= 11 is 0. The van der Waals surface area contributed by atoms with Crippen LogP contribution in [0.5, 0.6) is 5.75 Å². The summed E-state index contributed by atoms with van der Waals surface area (Å²) in [7, 11) is 1.68. The molecule has 2 aliphatic rings. The molecule has 0 aliphatic carbocycles. The molecular weight excluding hydrogens is 426 g/mol. The average molecular weight is 458 g/mol. The van der Waals surface area contributed by atoms with Gasteiger partial charge < -0.3 is 19.6 Å². The van der Waals surface area contributed by atoms with Gasteiger partial charge in [-0.05, 0) is 67.6 Å². The molecule has 34 heavy (non-hydrogen) atoms. The van der Waals surface area contributed by atoms with Crippen LogP contribution in [0.4, 0.5) is 0 Å². The summed E-state index contributed by atoms with van der Waals surface area (Å²) in [5.74, 6) is 1.80. The van der Waals surface area contributed by atoms with Crippen molar-refractivity contribution in [3.8, 4) is 5.75 Å². The van der Waals surface area contributed by atoms with Gasteiger partial charge in [-0.25, -0.2) is 0 Å². The van der Waals surface area contributed by atoms with Gasteiger partial charge in [-0.2, -0.15) is 0 Å². The fourth-order valence-corrected chi connectivity index (χ4v) is 6.18. The zero-order valence-corrected chi connectivity index (χ0v) is 19.5. The Morgan fingerprint density at radius 3 is 2.71 bits per heavy atom. The zero-order chi connectivity index (χ0) is 23.1. The van der Waals surface area contributed by atoms with Crippen LogP contribution in [0.25, 0.3) is 21.9 Å². The van der Waals surface area contributed by atoms with Gasteiger partial charge in [0.25, 0.3) is 0 Å². The second kappa shape index (κ2) is 9.02. The van der Waals surface area contributed by atoms with Crippen LogP contribution < -0.4 is 10.1 Å². The standard InChI is InChI=1S/C28H31N3O3/c1-33-22-8-9-26-25(15-22)24(10-11-29-26)27(17-32)31-20-6-7-21(31)14-19(13-20)30-16-23-12-18-4-2-3-5-28(18)34-23/h2-5,8-12,15,19-21,27,30,32H,6-7,13-14,16-17H2,1H3. The summed E-state index contributed by atoms with van der Waals surface area (Å²) < 4.78 is 11.5. The zero-order valence-electron chi connectivity index (χ0n) is 19.5. The number of hydrogen-bond acceptors (Lipinski definition) is 6. The predicted octanol–water partition coefficient (Wildman–Crippen LogP) is 4.81. The summed E-state index contributed by atoms with van der Waals surface area (Å²) in [5.41, 5.74) is 3.02. The lowest BCUT2D eigenvalue weighted by Crippen LogP contribution is -2.50. The van der Waals surface area contributed by atoms with Crippen molar-refractivity contribution in [1.82, 2.24) is 15.2 Å². The summed E-state index contributed by atoms with van der Waals surface area (Å²) in [6.07, 6.45) is 6.38. The van der Waals surface area contributed by atoms with E-state index < -0.39 is 0 Å². The lowest BCUT2D eigenvalue weighted by Gasteiger charge is -2.43. The number of hydrogen-bond donors (Lipinski definition) is 2. The number of pyridine rings is 1. The first-order chi connectivity index (χ1) is 16.7. The molecule has 6 rings (SSSR count). The van der Waals surface area contributed by atoms with Crippen molar-refractivity contribution in [2.75, 3.05) is 13.7 Å². The molecule has 0 saturated carbocycles. The van der Waals surface area contributed by atoms with E-state index in [1.807, 2.05) is 42.6 Å². The van der Waals surface area contributed by atoms with Gasteiger partial charge in [0.2, 0.25) is 0 Å². The van der Waals surface area contributed by atoms with Gasteiger partial charge in [0.15, 0.2) is 0 Å². The molecule has 3 atom stereocenters. The smallest absolute Gasteiger partial charge is 0.134 e. The van der Waals surface area contributed by atoms with Gasteiger partial charge in [0, 0.05) is 35.1 Å². The number of benzene rings is 2. The van der Waals surface area contributed by atoms with Crippen molar-refractivity contribution in [1.29, 1.82) is 0 Å². The number of furan rings is 1. The van der Waals surface area contributed by atoms with Crippen LogP contribution in [0, 0.1) is 0 Å². The molecule has 6 nitrogen and oxygen atoms in total. The first-order valence-corrected chi connectivity index (χ1v) is 12.3. The van der Waals surface area contributed by atoms with Crippen LogP contribution >= 0.6 is 0 Å². The molecule has 0 spiro atoms. The molecular formula is C28H31N3O3. The Morgan fingerprint density at radius 2 is 1.94 bits per heavy atom. The molecule has 2 saturated heterocycles. The number of methoxy groups -OCH3 is 1. The molecule has 2 N–H and O–H groups in total. The number of aromatic nitrogens is 1. The third kappa shape index (κ3) is 3.86. The molecule has 176 valence electrons. The van der Waals surface area contributed by atoms with Crippen LogP contribution in [-0.2, 0) is 6.54 Å². The number of rotatable bonds is 7. The third-order valence-corrected chi connectivity index (χ3v) is 7.71. The highest BCUT2D eigenvalue weighted by atomic mass is 16.5. The van der Waals surface area contributed by atoms with Crippen molar-refractivity contribution in [3.05, 3.63) is 72.1 Å². The van der Waals surface area contributed by atoms with E-state index in [0.29, 0.717) is 18.1 Å². The maximum Gasteiger partial charge on any atom is 0.134 e. The Hall–Kier alpha value is -2.93. The molecule has 0 amide bonds. The SMILES string of the molecule is COc1ccc2nccc(C(CO)N3C4CCC3CC(NCc3cc5ccccc5o3)C4)c2c1. The lowest BCUT2D eigenvalue weighted by atomic mass is 9.92. The van der Waals surface area contributed by atoms with Gasteiger partial charge in [-0.3, -0.25) is 9.88 Å². The number of nitrogens with zero attached hydrogens (tertiary/aromatic N) is 2. The molecule has 4 aromatic rings. The highest BCUT2D eigenvalue weighted by Gasteiger charge is 2.44. The van der Waals surface area contributed by atoms with E-state index in [0.717, 1.165) is 58.3 Å².